The fraction of sp³-hybridized carbons (Fsp3) is 0.174. The molecule has 1 atom stereocenters. The summed E-state index contributed by atoms with van der Waals surface area (Å²) < 4.78 is 33.0. The molecule has 3 aromatic rings. The number of rotatable bonds is 8. The number of anilines is 2. The molecule has 0 saturated heterocycles. The number of nitrogens with one attached hydrogen (secondary N) is 1. The molecule has 0 radical (unpaired) electrons. The van der Waals surface area contributed by atoms with Crippen LogP contribution in [0, 0.1) is 0 Å². The van der Waals surface area contributed by atoms with E-state index < -0.39 is 16.1 Å². The second-order valence-corrected chi connectivity index (χ2v) is 8.45. The van der Waals surface area contributed by atoms with E-state index in [1.54, 1.807) is 62.4 Å². The molecule has 0 heterocycles. The molecule has 30 heavy (non-hydrogen) atoms. The second-order valence-electron chi connectivity index (χ2n) is 6.59. The van der Waals surface area contributed by atoms with Crippen LogP contribution < -0.4 is 14.4 Å². The summed E-state index contributed by atoms with van der Waals surface area (Å²) >= 11 is 0. The molecular weight excluding hydrogens is 400 g/mol. The molecule has 0 aliphatic rings. The van der Waals surface area contributed by atoms with Gasteiger partial charge in [-0.05, 0) is 62.4 Å². The number of benzene rings is 3. The van der Waals surface area contributed by atoms with E-state index in [0.29, 0.717) is 23.7 Å². The molecule has 0 aliphatic heterocycles. The first-order valence-corrected chi connectivity index (χ1v) is 11.1. The molecular formula is C23H24N2O4S. The van der Waals surface area contributed by atoms with E-state index in [9.17, 15) is 13.2 Å². The lowest BCUT2D eigenvalue weighted by Crippen LogP contribution is -2.31. The zero-order valence-electron chi connectivity index (χ0n) is 16.9. The van der Waals surface area contributed by atoms with Crippen LogP contribution >= 0.6 is 0 Å². The molecule has 3 rings (SSSR count). The Hall–Kier alpha value is -3.32. The van der Waals surface area contributed by atoms with Crippen molar-refractivity contribution in [1.29, 1.82) is 0 Å². The summed E-state index contributed by atoms with van der Waals surface area (Å²) in [6, 6.07) is 24.1. The molecule has 3 aromatic carbocycles. The van der Waals surface area contributed by atoms with Gasteiger partial charge in [0, 0.05) is 12.2 Å². The third-order valence-electron chi connectivity index (χ3n) is 4.47. The first-order valence-electron chi connectivity index (χ1n) is 9.62. The highest BCUT2D eigenvalue weighted by Crippen LogP contribution is 2.24. The van der Waals surface area contributed by atoms with Gasteiger partial charge in [0.1, 0.15) is 5.75 Å². The molecule has 0 saturated carbocycles. The number of ether oxygens (including phenoxy) is 1. The van der Waals surface area contributed by atoms with Crippen molar-refractivity contribution in [2.24, 2.45) is 0 Å². The van der Waals surface area contributed by atoms with Crippen LogP contribution in [0.15, 0.2) is 89.8 Å². The van der Waals surface area contributed by atoms with Gasteiger partial charge in [-0.3, -0.25) is 9.10 Å². The van der Waals surface area contributed by atoms with E-state index in [1.807, 2.05) is 24.3 Å². The quantitative estimate of drug-likeness (QED) is 0.585. The van der Waals surface area contributed by atoms with E-state index in [0.717, 1.165) is 0 Å². The number of hydrogen-bond donors (Lipinski definition) is 1. The molecule has 1 amide bonds. The van der Waals surface area contributed by atoms with Crippen molar-refractivity contribution in [1.82, 2.24) is 0 Å². The largest absolute Gasteiger partial charge is 0.481 e. The monoisotopic (exact) mass is 424 g/mol. The number of nitrogens with zero attached hydrogens (tertiary/aromatic N) is 1. The number of carbonyl (C=O) groups excluding carboxylic acids is 1. The minimum atomic E-state index is -3.71. The normalized spacial score (nSPS) is 12.1. The Labute approximate surface area is 177 Å². The molecule has 0 fully saturated rings. The van der Waals surface area contributed by atoms with Gasteiger partial charge in [0.05, 0.1) is 10.6 Å². The third-order valence-corrected chi connectivity index (χ3v) is 6.38. The smallest absolute Gasteiger partial charge is 0.265 e. The van der Waals surface area contributed by atoms with Crippen molar-refractivity contribution in [2.45, 2.75) is 24.8 Å². The van der Waals surface area contributed by atoms with E-state index in [4.69, 9.17) is 4.74 Å². The zero-order valence-corrected chi connectivity index (χ0v) is 17.7. The Kier molecular flexibility index (Phi) is 6.74. The molecule has 1 N–H and O–H groups in total. The maximum Gasteiger partial charge on any atom is 0.265 e. The van der Waals surface area contributed by atoms with Gasteiger partial charge < -0.3 is 10.1 Å². The average molecular weight is 425 g/mol. The van der Waals surface area contributed by atoms with Crippen LogP contribution in [0.5, 0.6) is 5.75 Å². The summed E-state index contributed by atoms with van der Waals surface area (Å²) in [7, 11) is -3.71. The highest BCUT2D eigenvalue weighted by atomic mass is 32.2. The fourth-order valence-corrected chi connectivity index (χ4v) is 4.40. The number of hydrogen-bond acceptors (Lipinski definition) is 4. The van der Waals surface area contributed by atoms with Gasteiger partial charge >= 0.3 is 0 Å². The van der Waals surface area contributed by atoms with E-state index in [-0.39, 0.29) is 10.8 Å². The lowest BCUT2D eigenvalue weighted by atomic mass is 10.3. The molecule has 7 heteroatoms. The predicted molar refractivity (Wildman–Crippen MR) is 118 cm³/mol. The van der Waals surface area contributed by atoms with Crippen molar-refractivity contribution in [3.8, 4) is 5.75 Å². The Morgan fingerprint density at radius 3 is 2.07 bits per heavy atom. The first kappa shape index (κ1) is 21.4. The van der Waals surface area contributed by atoms with Crippen molar-refractivity contribution in [2.75, 3.05) is 16.2 Å². The summed E-state index contributed by atoms with van der Waals surface area (Å²) in [6.45, 7) is 3.74. The first-order chi connectivity index (χ1) is 14.4. The number of amides is 1. The average Bonchev–Trinajstić information content (AvgIpc) is 2.76. The highest BCUT2D eigenvalue weighted by Gasteiger charge is 2.23. The Morgan fingerprint density at radius 1 is 0.933 bits per heavy atom. The SMILES string of the molecule is CCN(c1ccccc1)S(=O)(=O)c1ccc(NC(=O)[C@H](C)Oc2ccccc2)cc1. The van der Waals surface area contributed by atoms with Crippen molar-refractivity contribution >= 4 is 27.3 Å². The molecule has 0 aliphatic carbocycles. The molecule has 6 nitrogen and oxygen atoms in total. The Balaban J connectivity index is 1.70. The van der Waals surface area contributed by atoms with Crippen molar-refractivity contribution in [3.63, 3.8) is 0 Å². The number of para-hydroxylation sites is 2. The maximum absolute atomic E-state index is 13.0. The minimum Gasteiger partial charge on any atom is -0.481 e. The van der Waals surface area contributed by atoms with Gasteiger partial charge in [0.15, 0.2) is 6.10 Å². The standard InChI is InChI=1S/C23H24N2O4S/c1-3-25(20-10-6-4-7-11-20)30(27,28)22-16-14-19(15-17-22)24-23(26)18(2)29-21-12-8-5-9-13-21/h4-18H,3H2,1-2H3,(H,24,26)/t18-/m0/s1. The summed E-state index contributed by atoms with van der Waals surface area (Å²) in [5.74, 6) is 0.274. The van der Waals surface area contributed by atoms with Crippen LogP contribution in [0.2, 0.25) is 0 Å². The lowest BCUT2D eigenvalue weighted by molar-refractivity contribution is -0.122. The van der Waals surface area contributed by atoms with Gasteiger partial charge in [-0.2, -0.15) is 0 Å². The Bertz CT molecular complexity index is 1070. The van der Waals surface area contributed by atoms with Crippen LogP contribution in [0.25, 0.3) is 0 Å². The van der Waals surface area contributed by atoms with Gasteiger partial charge in [-0.15, -0.1) is 0 Å². The van der Waals surface area contributed by atoms with Crippen LogP contribution in [0.3, 0.4) is 0 Å². The van der Waals surface area contributed by atoms with Crippen LogP contribution in [0.4, 0.5) is 11.4 Å². The zero-order chi connectivity index (χ0) is 21.6. The van der Waals surface area contributed by atoms with Gasteiger partial charge in [-0.1, -0.05) is 36.4 Å². The van der Waals surface area contributed by atoms with Gasteiger partial charge in [-0.25, -0.2) is 8.42 Å². The number of sulfonamides is 1. The second kappa shape index (κ2) is 9.45. The predicted octanol–water partition coefficient (Wildman–Crippen LogP) is 4.31. The summed E-state index contributed by atoms with van der Waals surface area (Å²) in [4.78, 5) is 12.5. The molecule has 0 aromatic heterocycles. The van der Waals surface area contributed by atoms with Crippen LogP contribution in [0.1, 0.15) is 13.8 Å². The van der Waals surface area contributed by atoms with E-state index >= 15 is 0 Å². The minimum absolute atomic E-state index is 0.153. The molecule has 156 valence electrons. The summed E-state index contributed by atoms with van der Waals surface area (Å²) in [5.41, 5.74) is 1.09. The van der Waals surface area contributed by atoms with Crippen LogP contribution in [-0.2, 0) is 14.8 Å². The third kappa shape index (κ3) is 4.99. The van der Waals surface area contributed by atoms with Gasteiger partial charge in [0.25, 0.3) is 15.9 Å². The van der Waals surface area contributed by atoms with Crippen molar-refractivity contribution in [3.05, 3.63) is 84.9 Å². The molecule has 0 bridgehead atoms. The molecule has 0 spiro atoms. The molecule has 0 unspecified atom stereocenters. The maximum atomic E-state index is 13.0. The van der Waals surface area contributed by atoms with E-state index in [1.165, 1.54) is 16.4 Å². The van der Waals surface area contributed by atoms with E-state index in [2.05, 4.69) is 5.32 Å². The topological polar surface area (TPSA) is 75.7 Å². The van der Waals surface area contributed by atoms with Crippen molar-refractivity contribution < 1.29 is 17.9 Å². The Morgan fingerprint density at radius 2 is 1.50 bits per heavy atom. The highest BCUT2D eigenvalue weighted by molar-refractivity contribution is 7.92. The lowest BCUT2D eigenvalue weighted by Gasteiger charge is -2.23. The summed E-state index contributed by atoms with van der Waals surface area (Å²) in [5, 5.41) is 2.74. The summed E-state index contributed by atoms with van der Waals surface area (Å²) in [6.07, 6.45) is -0.704. The van der Waals surface area contributed by atoms with Gasteiger partial charge in [0.2, 0.25) is 0 Å². The van der Waals surface area contributed by atoms with Crippen LogP contribution in [-0.4, -0.2) is 27.0 Å². The fourth-order valence-electron chi connectivity index (χ4n) is 2.92. The number of carbonyl (C=O) groups is 1.